The van der Waals surface area contributed by atoms with Crippen LogP contribution in [-0.2, 0) is 14.6 Å². The van der Waals surface area contributed by atoms with Crippen LogP contribution in [0.3, 0.4) is 0 Å². The average Bonchev–Trinajstić information content (AvgIpc) is 2.77. The van der Waals surface area contributed by atoms with E-state index in [2.05, 4.69) is 5.32 Å². The molecule has 134 valence electrons. The third-order valence-electron chi connectivity index (χ3n) is 4.39. The molecule has 0 aromatic heterocycles. The summed E-state index contributed by atoms with van der Waals surface area (Å²) in [4.78, 5) is 14.2. The monoisotopic (exact) mass is 346 g/mol. The minimum Gasteiger partial charge on any atom is -0.444 e. The second kappa shape index (κ2) is 7.38. The summed E-state index contributed by atoms with van der Waals surface area (Å²) in [6.45, 7) is 7.78. The molecule has 23 heavy (non-hydrogen) atoms. The normalized spacial score (nSPS) is 27.9. The lowest BCUT2D eigenvalue weighted by atomic mass is 10.0. The van der Waals surface area contributed by atoms with Crippen LogP contribution in [0.4, 0.5) is 4.79 Å². The molecule has 2 unspecified atom stereocenters. The van der Waals surface area contributed by atoms with Crippen molar-refractivity contribution in [1.82, 2.24) is 10.2 Å². The Kier molecular flexibility index (Phi) is 5.94. The van der Waals surface area contributed by atoms with Gasteiger partial charge in [0.1, 0.15) is 5.60 Å². The van der Waals surface area contributed by atoms with Crippen LogP contribution in [0.25, 0.3) is 0 Å². The van der Waals surface area contributed by atoms with Crippen molar-refractivity contribution in [2.45, 2.75) is 58.1 Å². The van der Waals surface area contributed by atoms with Gasteiger partial charge in [-0.05, 0) is 58.9 Å². The highest BCUT2D eigenvalue weighted by Gasteiger charge is 2.31. The van der Waals surface area contributed by atoms with Gasteiger partial charge < -0.3 is 15.0 Å². The van der Waals surface area contributed by atoms with Crippen LogP contribution in [0, 0.1) is 5.92 Å². The van der Waals surface area contributed by atoms with Gasteiger partial charge in [0.2, 0.25) is 0 Å². The summed E-state index contributed by atoms with van der Waals surface area (Å²) < 4.78 is 28.5. The van der Waals surface area contributed by atoms with E-state index in [0.29, 0.717) is 24.6 Å². The van der Waals surface area contributed by atoms with Gasteiger partial charge in [0.25, 0.3) is 0 Å². The third-order valence-corrected chi connectivity index (χ3v) is 6.23. The number of ether oxygens (including phenoxy) is 1. The number of rotatable bonds is 4. The fraction of sp³-hybridized carbons (Fsp3) is 0.938. The Hall–Kier alpha value is -0.820. The molecule has 0 spiro atoms. The second-order valence-electron chi connectivity index (χ2n) is 7.75. The van der Waals surface area contributed by atoms with Crippen molar-refractivity contribution < 1.29 is 17.9 Å². The highest BCUT2D eigenvalue weighted by molar-refractivity contribution is 7.91. The van der Waals surface area contributed by atoms with Crippen molar-refractivity contribution in [1.29, 1.82) is 0 Å². The molecule has 0 aromatic carbocycles. The van der Waals surface area contributed by atoms with Gasteiger partial charge in [0, 0.05) is 19.1 Å². The van der Waals surface area contributed by atoms with E-state index >= 15 is 0 Å². The molecular weight excluding hydrogens is 316 g/mol. The summed E-state index contributed by atoms with van der Waals surface area (Å²) in [6.07, 6.45) is 3.60. The van der Waals surface area contributed by atoms with E-state index in [1.54, 1.807) is 0 Å². The second-order valence-corrected chi connectivity index (χ2v) is 9.98. The Morgan fingerprint density at radius 2 is 1.96 bits per heavy atom. The molecule has 0 aromatic rings. The number of sulfone groups is 1. The zero-order valence-corrected chi connectivity index (χ0v) is 15.3. The lowest BCUT2D eigenvalue weighted by Gasteiger charge is -2.37. The topological polar surface area (TPSA) is 75.7 Å². The molecule has 2 atom stereocenters. The smallest absolute Gasteiger partial charge is 0.410 e. The van der Waals surface area contributed by atoms with Gasteiger partial charge in [-0.25, -0.2) is 13.2 Å². The first-order valence-corrected chi connectivity index (χ1v) is 10.4. The van der Waals surface area contributed by atoms with Gasteiger partial charge in [-0.1, -0.05) is 0 Å². The van der Waals surface area contributed by atoms with E-state index < -0.39 is 15.4 Å². The molecule has 0 saturated carbocycles. The first kappa shape index (κ1) is 18.5. The molecule has 1 N–H and O–H groups in total. The maximum atomic E-state index is 12.3. The van der Waals surface area contributed by atoms with E-state index in [1.165, 1.54) is 0 Å². The maximum Gasteiger partial charge on any atom is 0.410 e. The average molecular weight is 346 g/mol. The van der Waals surface area contributed by atoms with Gasteiger partial charge in [-0.15, -0.1) is 0 Å². The number of carbonyl (C=O) groups is 1. The first-order chi connectivity index (χ1) is 10.7. The SMILES string of the molecule is CC(C)(C)OC(=O)N1CCCCC1CNCC1CCS(=O)(=O)C1. The van der Waals surface area contributed by atoms with Crippen LogP contribution < -0.4 is 5.32 Å². The van der Waals surface area contributed by atoms with Crippen LogP contribution in [-0.4, -0.2) is 62.2 Å². The Balaban J connectivity index is 1.81. The first-order valence-electron chi connectivity index (χ1n) is 8.57. The number of piperidine rings is 1. The highest BCUT2D eigenvalue weighted by Crippen LogP contribution is 2.21. The molecule has 1 amide bonds. The number of likely N-dealkylation sites (tertiary alicyclic amines) is 1. The van der Waals surface area contributed by atoms with E-state index in [0.717, 1.165) is 32.2 Å². The number of amides is 1. The van der Waals surface area contributed by atoms with Crippen LogP contribution in [0.5, 0.6) is 0 Å². The van der Waals surface area contributed by atoms with Gasteiger partial charge >= 0.3 is 6.09 Å². The standard InChI is InChI=1S/C16H30N2O4S/c1-16(2,3)22-15(19)18-8-5-4-6-14(18)11-17-10-13-7-9-23(20,21)12-13/h13-14,17H,4-12H2,1-3H3. The largest absolute Gasteiger partial charge is 0.444 e. The van der Waals surface area contributed by atoms with Crippen molar-refractivity contribution >= 4 is 15.9 Å². The molecule has 2 fully saturated rings. The van der Waals surface area contributed by atoms with Gasteiger partial charge in [-0.2, -0.15) is 0 Å². The molecule has 7 heteroatoms. The predicted octanol–water partition coefficient (Wildman–Crippen LogP) is 1.80. The van der Waals surface area contributed by atoms with Crippen molar-refractivity contribution in [3.63, 3.8) is 0 Å². The van der Waals surface area contributed by atoms with Crippen molar-refractivity contribution in [2.75, 3.05) is 31.1 Å². The van der Waals surface area contributed by atoms with Crippen LogP contribution in [0.15, 0.2) is 0 Å². The van der Waals surface area contributed by atoms with Crippen molar-refractivity contribution in [2.24, 2.45) is 5.92 Å². The van der Waals surface area contributed by atoms with E-state index in [9.17, 15) is 13.2 Å². The summed E-state index contributed by atoms with van der Waals surface area (Å²) in [6, 6.07) is 0.136. The predicted molar refractivity (Wildman–Crippen MR) is 90.2 cm³/mol. The highest BCUT2D eigenvalue weighted by atomic mass is 32.2. The number of nitrogens with zero attached hydrogens (tertiary/aromatic N) is 1. The molecule has 2 aliphatic rings. The lowest BCUT2D eigenvalue weighted by Crippen LogP contribution is -2.50. The summed E-state index contributed by atoms with van der Waals surface area (Å²) >= 11 is 0. The summed E-state index contributed by atoms with van der Waals surface area (Å²) in [5, 5.41) is 3.37. The zero-order chi connectivity index (χ0) is 17.1. The van der Waals surface area contributed by atoms with Crippen molar-refractivity contribution in [3.8, 4) is 0 Å². The molecule has 6 nitrogen and oxygen atoms in total. The number of carbonyl (C=O) groups excluding carboxylic acids is 1. The number of hydrogen-bond donors (Lipinski definition) is 1. The molecule has 0 radical (unpaired) electrons. The Morgan fingerprint density at radius 3 is 2.57 bits per heavy atom. The number of nitrogens with one attached hydrogen (secondary N) is 1. The van der Waals surface area contributed by atoms with Crippen LogP contribution in [0.1, 0.15) is 46.5 Å². The fourth-order valence-corrected chi connectivity index (χ4v) is 5.12. The van der Waals surface area contributed by atoms with E-state index in [1.807, 2.05) is 25.7 Å². The summed E-state index contributed by atoms with van der Waals surface area (Å²) in [7, 11) is -2.82. The minimum atomic E-state index is -2.82. The van der Waals surface area contributed by atoms with Gasteiger partial charge in [-0.3, -0.25) is 0 Å². The fourth-order valence-electron chi connectivity index (χ4n) is 3.26. The minimum absolute atomic E-state index is 0.136. The summed E-state index contributed by atoms with van der Waals surface area (Å²) in [5.41, 5.74) is -0.481. The number of hydrogen-bond acceptors (Lipinski definition) is 5. The molecule has 2 saturated heterocycles. The van der Waals surface area contributed by atoms with Gasteiger partial charge in [0.15, 0.2) is 9.84 Å². The molecule has 0 aliphatic carbocycles. The van der Waals surface area contributed by atoms with E-state index in [-0.39, 0.29) is 18.1 Å². The Morgan fingerprint density at radius 1 is 1.22 bits per heavy atom. The third kappa shape index (κ3) is 5.95. The van der Waals surface area contributed by atoms with Crippen LogP contribution >= 0.6 is 0 Å². The molecule has 2 heterocycles. The quantitative estimate of drug-likeness (QED) is 0.840. The zero-order valence-electron chi connectivity index (χ0n) is 14.5. The Bertz CT molecular complexity index is 513. The molecular formula is C16H30N2O4S. The molecule has 2 aliphatic heterocycles. The lowest BCUT2D eigenvalue weighted by molar-refractivity contribution is 0.00991. The molecule has 2 rings (SSSR count). The molecule has 0 bridgehead atoms. The van der Waals surface area contributed by atoms with Gasteiger partial charge in [0.05, 0.1) is 11.5 Å². The summed E-state index contributed by atoms with van der Waals surface area (Å²) in [5.74, 6) is 0.811. The Labute approximate surface area is 139 Å². The van der Waals surface area contributed by atoms with Crippen LogP contribution in [0.2, 0.25) is 0 Å². The maximum absolute atomic E-state index is 12.3. The van der Waals surface area contributed by atoms with Crippen molar-refractivity contribution in [3.05, 3.63) is 0 Å². The van der Waals surface area contributed by atoms with E-state index in [4.69, 9.17) is 4.74 Å².